The minimum absolute atomic E-state index is 0.219. The number of hydrogen-bond donors (Lipinski definition) is 6. The lowest BCUT2D eigenvalue weighted by Crippen LogP contribution is -2.38. The SMILES string of the molecule is COCCOCCOCCOCCOCCOCCN(CC[C@@H](O)[C@@H](O)CO)CC[C@@H](O)[C@@H](O)CO. The van der Waals surface area contributed by atoms with Crippen LogP contribution in [0.4, 0.5) is 0 Å². The Bertz CT molecular complexity index is 431. The molecular weight excluding hydrogens is 482 g/mol. The molecule has 0 heterocycles. The van der Waals surface area contributed by atoms with Crippen LogP contribution in [0.5, 0.6) is 0 Å². The molecule has 13 nitrogen and oxygen atoms in total. The highest BCUT2D eigenvalue weighted by atomic mass is 16.6. The second-order valence-corrected chi connectivity index (χ2v) is 8.11. The molecule has 0 aliphatic heterocycles. The fourth-order valence-corrected chi connectivity index (χ4v) is 2.91. The Kier molecular flexibility index (Phi) is 25.7. The van der Waals surface area contributed by atoms with Gasteiger partial charge in [-0.15, -0.1) is 0 Å². The molecule has 0 aliphatic rings. The number of hydrogen-bond acceptors (Lipinski definition) is 13. The lowest BCUT2D eigenvalue weighted by Gasteiger charge is -2.26. The van der Waals surface area contributed by atoms with Crippen LogP contribution in [0.3, 0.4) is 0 Å². The molecule has 6 N–H and O–H groups in total. The molecule has 0 radical (unpaired) electrons. The molecule has 0 unspecified atom stereocenters. The van der Waals surface area contributed by atoms with Gasteiger partial charge in [-0.2, -0.15) is 0 Å². The van der Waals surface area contributed by atoms with E-state index in [4.69, 9.17) is 38.6 Å². The maximum absolute atomic E-state index is 9.86. The maximum Gasteiger partial charge on any atom is 0.103 e. The summed E-state index contributed by atoms with van der Waals surface area (Å²) in [5.41, 5.74) is 0. The zero-order chi connectivity index (χ0) is 26.9. The van der Waals surface area contributed by atoms with E-state index in [0.717, 1.165) is 0 Å². The Labute approximate surface area is 214 Å². The minimum atomic E-state index is -1.22. The van der Waals surface area contributed by atoms with Gasteiger partial charge in [0.25, 0.3) is 0 Å². The summed E-state index contributed by atoms with van der Waals surface area (Å²) in [5.74, 6) is 0. The van der Waals surface area contributed by atoms with Gasteiger partial charge in [-0.25, -0.2) is 0 Å². The number of aliphatic hydroxyl groups is 6. The first-order valence-corrected chi connectivity index (χ1v) is 12.5. The van der Waals surface area contributed by atoms with Gasteiger partial charge in [0.15, 0.2) is 0 Å². The van der Waals surface area contributed by atoms with Crippen LogP contribution < -0.4 is 0 Å². The lowest BCUT2D eigenvalue weighted by molar-refractivity contribution is -0.0313. The van der Waals surface area contributed by atoms with Crippen molar-refractivity contribution in [3.63, 3.8) is 0 Å². The molecular formula is C23H49NO12. The van der Waals surface area contributed by atoms with Crippen molar-refractivity contribution in [2.24, 2.45) is 0 Å². The number of nitrogens with zero attached hydrogens (tertiary/aromatic N) is 1. The van der Waals surface area contributed by atoms with Crippen LogP contribution in [0.25, 0.3) is 0 Å². The van der Waals surface area contributed by atoms with Gasteiger partial charge in [0.2, 0.25) is 0 Å². The van der Waals surface area contributed by atoms with E-state index in [-0.39, 0.29) is 12.8 Å². The molecule has 0 spiro atoms. The Balaban J connectivity index is 3.81. The summed E-state index contributed by atoms with van der Waals surface area (Å²) in [6, 6.07) is 0. The van der Waals surface area contributed by atoms with E-state index in [9.17, 15) is 20.4 Å². The zero-order valence-electron chi connectivity index (χ0n) is 21.6. The molecule has 4 atom stereocenters. The van der Waals surface area contributed by atoms with Crippen LogP contribution >= 0.6 is 0 Å². The van der Waals surface area contributed by atoms with Crippen molar-refractivity contribution < 1.29 is 59.1 Å². The van der Waals surface area contributed by atoms with E-state index in [0.29, 0.717) is 92.3 Å². The molecule has 218 valence electrons. The van der Waals surface area contributed by atoms with E-state index in [1.165, 1.54) is 0 Å². The van der Waals surface area contributed by atoms with Crippen LogP contribution in [0.2, 0.25) is 0 Å². The quantitative estimate of drug-likeness (QED) is 0.0572. The molecule has 36 heavy (non-hydrogen) atoms. The summed E-state index contributed by atoms with van der Waals surface area (Å²) >= 11 is 0. The molecule has 0 saturated carbocycles. The molecule has 0 aliphatic carbocycles. The molecule has 0 aromatic rings. The third-order valence-corrected chi connectivity index (χ3v) is 5.22. The van der Waals surface area contributed by atoms with Crippen LogP contribution in [0.1, 0.15) is 12.8 Å². The second kappa shape index (κ2) is 26.1. The largest absolute Gasteiger partial charge is 0.394 e. The fourth-order valence-electron chi connectivity index (χ4n) is 2.91. The standard InChI is InChI=1S/C23H49NO12/c1-31-8-9-33-12-13-35-16-17-36-15-14-34-11-10-32-7-6-24(4-2-20(27)22(29)18-25)5-3-21(28)23(30)19-26/h20-23,25-30H,2-19H2,1H3/t20-,21-,22+,23+/m1/s1. The van der Waals surface area contributed by atoms with Crippen LogP contribution in [0.15, 0.2) is 0 Å². The average Bonchev–Trinajstić information content (AvgIpc) is 2.89. The lowest BCUT2D eigenvalue weighted by atomic mass is 10.1. The summed E-state index contributed by atoms with van der Waals surface area (Å²) in [6.07, 6.45) is -4.15. The Morgan fingerprint density at radius 1 is 0.472 bits per heavy atom. The second-order valence-electron chi connectivity index (χ2n) is 8.11. The minimum Gasteiger partial charge on any atom is -0.394 e. The highest BCUT2D eigenvalue weighted by Crippen LogP contribution is 2.05. The molecule has 0 aromatic carbocycles. The summed E-state index contributed by atoms with van der Waals surface area (Å²) in [4.78, 5) is 1.91. The fraction of sp³-hybridized carbons (Fsp3) is 1.00. The molecule has 0 aromatic heterocycles. The van der Waals surface area contributed by atoms with Gasteiger partial charge in [-0.05, 0) is 12.8 Å². The van der Waals surface area contributed by atoms with E-state index < -0.39 is 37.6 Å². The van der Waals surface area contributed by atoms with Crippen LogP contribution in [-0.2, 0) is 28.4 Å². The highest BCUT2D eigenvalue weighted by molar-refractivity contribution is 4.72. The van der Waals surface area contributed by atoms with E-state index >= 15 is 0 Å². The first kappa shape index (κ1) is 35.5. The summed E-state index contributed by atoms with van der Waals surface area (Å²) < 4.78 is 32.0. The number of methoxy groups -OCH3 is 1. The highest BCUT2D eigenvalue weighted by Gasteiger charge is 2.19. The van der Waals surface area contributed by atoms with Gasteiger partial charge in [0, 0.05) is 26.7 Å². The van der Waals surface area contributed by atoms with Crippen molar-refractivity contribution in [1.82, 2.24) is 4.90 Å². The van der Waals surface area contributed by atoms with E-state index in [1.807, 2.05) is 4.90 Å². The van der Waals surface area contributed by atoms with Gasteiger partial charge in [0.05, 0.1) is 98.1 Å². The first-order valence-electron chi connectivity index (χ1n) is 12.5. The predicted octanol–water partition coefficient (Wildman–Crippen LogP) is -2.77. The van der Waals surface area contributed by atoms with E-state index in [1.54, 1.807) is 7.11 Å². The molecule has 0 bridgehead atoms. The van der Waals surface area contributed by atoms with Gasteiger partial charge in [0.1, 0.15) is 12.2 Å². The number of aliphatic hydroxyl groups excluding tert-OH is 6. The summed E-state index contributed by atoms with van der Waals surface area (Å²) in [6.45, 7) is 5.37. The topological polar surface area (TPSA) is 180 Å². The van der Waals surface area contributed by atoms with Crippen molar-refractivity contribution in [3.05, 3.63) is 0 Å². The molecule has 0 rings (SSSR count). The Morgan fingerprint density at radius 2 is 0.806 bits per heavy atom. The third-order valence-electron chi connectivity index (χ3n) is 5.22. The molecule has 0 fully saturated rings. The molecule has 0 amide bonds. The van der Waals surface area contributed by atoms with Crippen molar-refractivity contribution in [1.29, 1.82) is 0 Å². The summed E-state index contributed by atoms with van der Waals surface area (Å²) in [5, 5.41) is 56.6. The van der Waals surface area contributed by atoms with Gasteiger partial charge >= 0.3 is 0 Å². The third kappa shape index (κ3) is 21.6. The van der Waals surface area contributed by atoms with E-state index in [2.05, 4.69) is 0 Å². The Morgan fingerprint density at radius 3 is 1.14 bits per heavy atom. The van der Waals surface area contributed by atoms with Crippen molar-refractivity contribution in [3.8, 4) is 0 Å². The number of rotatable bonds is 28. The predicted molar refractivity (Wildman–Crippen MR) is 130 cm³/mol. The molecule has 0 saturated heterocycles. The van der Waals surface area contributed by atoms with Crippen molar-refractivity contribution >= 4 is 0 Å². The average molecular weight is 532 g/mol. The molecule has 13 heteroatoms. The normalized spacial score (nSPS) is 15.3. The monoisotopic (exact) mass is 531 g/mol. The van der Waals surface area contributed by atoms with Crippen LogP contribution in [0, 0.1) is 0 Å². The van der Waals surface area contributed by atoms with Crippen LogP contribution in [-0.4, -0.2) is 173 Å². The number of ether oxygens (including phenoxy) is 6. The van der Waals surface area contributed by atoms with Crippen molar-refractivity contribution in [2.75, 3.05) is 113 Å². The zero-order valence-corrected chi connectivity index (χ0v) is 21.6. The first-order chi connectivity index (χ1) is 17.5. The summed E-state index contributed by atoms with van der Waals surface area (Å²) in [7, 11) is 1.62. The van der Waals surface area contributed by atoms with Gasteiger partial charge in [-0.1, -0.05) is 0 Å². The van der Waals surface area contributed by atoms with Gasteiger partial charge < -0.3 is 64.0 Å². The smallest absolute Gasteiger partial charge is 0.103 e. The van der Waals surface area contributed by atoms with Gasteiger partial charge in [-0.3, -0.25) is 0 Å². The maximum atomic E-state index is 9.86. The Hall–Kier alpha value is -0.520. The van der Waals surface area contributed by atoms with Crippen molar-refractivity contribution in [2.45, 2.75) is 37.3 Å².